The van der Waals surface area contributed by atoms with Gasteiger partial charge in [-0.05, 0) is 30.3 Å². The van der Waals surface area contributed by atoms with Crippen molar-refractivity contribution >= 4 is 23.1 Å². The second-order valence-corrected chi connectivity index (χ2v) is 6.19. The maximum Gasteiger partial charge on any atom is 0.299 e. The first-order valence-electron chi connectivity index (χ1n) is 7.78. The van der Waals surface area contributed by atoms with Crippen molar-refractivity contribution in [3.63, 3.8) is 0 Å². The zero-order chi connectivity index (χ0) is 17.4. The summed E-state index contributed by atoms with van der Waals surface area (Å²) < 4.78 is 33.0. The summed E-state index contributed by atoms with van der Waals surface area (Å²) in [5, 5.41) is 12.1. The van der Waals surface area contributed by atoms with Gasteiger partial charge in [-0.3, -0.25) is 0 Å². The summed E-state index contributed by atoms with van der Waals surface area (Å²) in [6, 6.07) is 10.6. The molecule has 0 amide bonds. The topological polar surface area (TPSA) is 55.5 Å². The predicted octanol–water partition coefficient (Wildman–Crippen LogP) is 3.37. The molecule has 0 aliphatic carbocycles. The van der Waals surface area contributed by atoms with E-state index in [0.29, 0.717) is 28.8 Å². The average molecular weight is 366 g/mol. The van der Waals surface area contributed by atoms with Gasteiger partial charge in [-0.2, -0.15) is 4.52 Å². The Morgan fingerprint density at radius 3 is 2.88 bits per heavy atom. The van der Waals surface area contributed by atoms with Crippen LogP contribution in [0.3, 0.4) is 0 Å². The minimum atomic E-state index is -2.73. The van der Waals surface area contributed by atoms with Crippen LogP contribution < -0.4 is 9.64 Å². The molecule has 130 valence electrons. The molecule has 1 saturated heterocycles. The van der Waals surface area contributed by atoms with Crippen LogP contribution in [0.2, 0.25) is 5.02 Å². The smallest absolute Gasteiger partial charge is 0.299 e. The van der Waals surface area contributed by atoms with Gasteiger partial charge in [-0.1, -0.05) is 17.7 Å². The molecule has 3 heterocycles. The standard InChI is InChI=1S/C16H14ClF2N5O/c17-10-2-1-3-11(8-10)25-12-6-7-23(9-12)14-5-4-13-20-21-16(15(18)19)24(13)22-14/h1-5,8,12,15H,6-7,9H2. The Hall–Kier alpha value is -2.48. The molecule has 4 rings (SSSR count). The highest BCUT2D eigenvalue weighted by Crippen LogP contribution is 2.25. The lowest BCUT2D eigenvalue weighted by Crippen LogP contribution is -2.25. The molecule has 0 radical (unpaired) electrons. The number of rotatable bonds is 4. The lowest BCUT2D eigenvalue weighted by Gasteiger charge is -2.18. The zero-order valence-electron chi connectivity index (χ0n) is 13.0. The fraction of sp³-hybridized carbons (Fsp3) is 0.312. The van der Waals surface area contributed by atoms with Crippen LogP contribution in [0.5, 0.6) is 5.75 Å². The van der Waals surface area contributed by atoms with Crippen LogP contribution >= 0.6 is 11.6 Å². The first-order valence-corrected chi connectivity index (χ1v) is 8.15. The van der Waals surface area contributed by atoms with Gasteiger partial charge in [0.25, 0.3) is 6.43 Å². The van der Waals surface area contributed by atoms with E-state index >= 15 is 0 Å². The number of ether oxygens (including phenoxy) is 1. The molecule has 6 nitrogen and oxygen atoms in total. The summed E-state index contributed by atoms with van der Waals surface area (Å²) in [4.78, 5) is 1.99. The summed E-state index contributed by atoms with van der Waals surface area (Å²) in [5.74, 6) is 0.843. The van der Waals surface area contributed by atoms with Crippen molar-refractivity contribution in [2.24, 2.45) is 0 Å². The molecule has 1 fully saturated rings. The highest BCUT2D eigenvalue weighted by molar-refractivity contribution is 6.30. The summed E-state index contributed by atoms with van der Waals surface area (Å²) >= 11 is 5.96. The van der Waals surface area contributed by atoms with Gasteiger partial charge in [0.2, 0.25) is 5.82 Å². The molecule has 1 aliphatic rings. The third-order valence-electron chi connectivity index (χ3n) is 4.04. The molecule has 9 heteroatoms. The zero-order valence-corrected chi connectivity index (χ0v) is 13.8. The van der Waals surface area contributed by atoms with E-state index < -0.39 is 12.2 Å². The van der Waals surface area contributed by atoms with Crippen molar-refractivity contribution in [3.05, 3.63) is 47.2 Å². The number of alkyl halides is 2. The monoisotopic (exact) mass is 365 g/mol. The Morgan fingerprint density at radius 2 is 2.08 bits per heavy atom. The van der Waals surface area contributed by atoms with E-state index in [-0.39, 0.29) is 6.10 Å². The SMILES string of the molecule is FC(F)c1nnc2ccc(N3CCC(Oc4cccc(Cl)c4)C3)nn12. The molecule has 1 aliphatic heterocycles. The van der Waals surface area contributed by atoms with E-state index in [1.165, 1.54) is 0 Å². The van der Waals surface area contributed by atoms with Crippen molar-refractivity contribution in [2.75, 3.05) is 18.0 Å². The number of hydrogen-bond acceptors (Lipinski definition) is 5. The lowest BCUT2D eigenvalue weighted by atomic mass is 10.3. The third-order valence-corrected chi connectivity index (χ3v) is 4.27. The largest absolute Gasteiger partial charge is 0.488 e. The van der Waals surface area contributed by atoms with Gasteiger partial charge in [0, 0.05) is 18.0 Å². The molecule has 1 unspecified atom stereocenters. The van der Waals surface area contributed by atoms with Crippen LogP contribution in [-0.2, 0) is 0 Å². The molecule has 2 aromatic heterocycles. The number of nitrogens with zero attached hydrogens (tertiary/aromatic N) is 5. The number of hydrogen-bond donors (Lipinski definition) is 0. The van der Waals surface area contributed by atoms with Crippen LogP contribution in [0.15, 0.2) is 36.4 Å². The number of anilines is 1. The molecule has 3 aromatic rings. The molecule has 1 aromatic carbocycles. The normalized spacial score (nSPS) is 17.6. The highest BCUT2D eigenvalue weighted by Gasteiger charge is 2.26. The number of benzene rings is 1. The van der Waals surface area contributed by atoms with Gasteiger partial charge in [0.15, 0.2) is 5.65 Å². The number of aromatic nitrogens is 4. The van der Waals surface area contributed by atoms with E-state index in [1.807, 2.05) is 17.0 Å². The summed E-state index contributed by atoms with van der Waals surface area (Å²) in [5.41, 5.74) is 0.296. The Morgan fingerprint density at radius 1 is 1.20 bits per heavy atom. The quantitative estimate of drug-likeness (QED) is 0.709. The third kappa shape index (κ3) is 3.21. The average Bonchev–Trinajstić information content (AvgIpc) is 3.20. The van der Waals surface area contributed by atoms with E-state index in [4.69, 9.17) is 16.3 Å². The van der Waals surface area contributed by atoms with Gasteiger partial charge >= 0.3 is 0 Å². The van der Waals surface area contributed by atoms with E-state index in [1.54, 1.807) is 24.3 Å². The summed E-state index contributed by atoms with van der Waals surface area (Å²) in [7, 11) is 0. The minimum absolute atomic E-state index is 0.0218. The summed E-state index contributed by atoms with van der Waals surface area (Å²) in [6.07, 6.45) is -1.95. The second kappa shape index (κ2) is 6.44. The van der Waals surface area contributed by atoms with Gasteiger partial charge in [-0.25, -0.2) is 8.78 Å². The van der Waals surface area contributed by atoms with Gasteiger partial charge in [0.05, 0.1) is 6.54 Å². The number of fused-ring (bicyclic) bond motifs is 1. The first kappa shape index (κ1) is 16.0. The predicted molar refractivity (Wildman–Crippen MR) is 88.4 cm³/mol. The number of halogens is 3. The molecule has 25 heavy (non-hydrogen) atoms. The van der Waals surface area contributed by atoms with Crippen molar-refractivity contribution in [1.82, 2.24) is 19.8 Å². The second-order valence-electron chi connectivity index (χ2n) is 5.75. The highest BCUT2D eigenvalue weighted by atomic mass is 35.5. The molecule has 0 saturated carbocycles. The lowest BCUT2D eigenvalue weighted by molar-refractivity contribution is 0.137. The maximum absolute atomic E-state index is 13.0. The van der Waals surface area contributed by atoms with E-state index in [2.05, 4.69) is 15.3 Å². The van der Waals surface area contributed by atoms with Crippen LogP contribution in [-0.4, -0.2) is 39.0 Å². The fourth-order valence-electron chi connectivity index (χ4n) is 2.87. The van der Waals surface area contributed by atoms with Crippen molar-refractivity contribution in [2.45, 2.75) is 19.0 Å². The van der Waals surface area contributed by atoms with Crippen molar-refractivity contribution in [3.8, 4) is 5.75 Å². The fourth-order valence-corrected chi connectivity index (χ4v) is 3.05. The Labute approximate surface area is 147 Å². The summed E-state index contributed by atoms with van der Waals surface area (Å²) in [6.45, 7) is 1.33. The van der Waals surface area contributed by atoms with Crippen LogP contribution in [0.1, 0.15) is 18.7 Å². The van der Waals surface area contributed by atoms with Gasteiger partial charge < -0.3 is 9.64 Å². The molecule has 0 N–H and O–H groups in total. The van der Waals surface area contributed by atoms with Crippen molar-refractivity contribution in [1.29, 1.82) is 0 Å². The van der Waals surface area contributed by atoms with Crippen LogP contribution in [0.25, 0.3) is 5.65 Å². The molecule has 0 spiro atoms. The molecular weight excluding hydrogens is 352 g/mol. The Kier molecular flexibility index (Phi) is 4.12. The van der Waals surface area contributed by atoms with Crippen LogP contribution in [0, 0.1) is 0 Å². The molecule has 0 bridgehead atoms. The Balaban J connectivity index is 1.51. The Bertz CT molecular complexity index is 903. The van der Waals surface area contributed by atoms with Crippen LogP contribution in [0.4, 0.5) is 14.6 Å². The van der Waals surface area contributed by atoms with Crippen molar-refractivity contribution < 1.29 is 13.5 Å². The van der Waals surface area contributed by atoms with Gasteiger partial charge in [0.1, 0.15) is 17.7 Å². The minimum Gasteiger partial charge on any atom is -0.488 e. The first-order chi connectivity index (χ1) is 12.1. The molecular formula is C16H14ClF2N5O. The maximum atomic E-state index is 13.0. The molecule has 1 atom stereocenters. The van der Waals surface area contributed by atoms with E-state index in [0.717, 1.165) is 17.5 Å². The van der Waals surface area contributed by atoms with E-state index in [9.17, 15) is 8.78 Å². The van der Waals surface area contributed by atoms with Gasteiger partial charge in [-0.15, -0.1) is 15.3 Å².